The molecule has 12 heteroatoms. The fourth-order valence-electron chi connectivity index (χ4n) is 9.68. The minimum Gasteiger partial charge on any atom is -0.460 e. The Balaban J connectivity index is 1.14. The van der Waals surface area contributed by atoms with Gasteiger partial charge < -0.3 is 34.1 Å². The van der Waals surface area contributed by atoms with Crippen LogP contribution in [0.4, 0.5) is 0 Å². The number of ether oxygens (including phenoxy) is 5. The van der Waals surface area contributed by atoms with Crippen LogP contribution < -0.4 is 5.32 Å². The van der Waals surface area contributed by atoms with Crippen LogP contribution in [0.3, 0.4) is 0 Å². The highest BCUT2D eigenvalue weighted by Crippen LogP contribution is 2.58. The van der Waals surface area contributed by atoms with Crippen molar-refractivity contribution in [1.29, 1.82) is 0 Å². The van der Waals surface area contributed by atoms with Crippen molar-refractivity contribution in [3.05, 3.63) is 41.5 Å². The van der Waals surface area contributed by atoms with Crippen LogP contribution in [0.1, 0.15) is 136 Å². The van der Waals surface area contributed by atoms with Gasteiger partial charge in [0.25, 0.3) is 0 Å². The number of nitrogens with zero attached hydrogens (tertiary/aromatic N) is 1. The number of esters is 2. The molecule has 2 N–H and O–H groups in total. The van der Waals surface area contributed by atoms with E-state index in [4.69, 9.17) is 28.5 Å². The van der Waals surface area contributed by atoms with E-state index < -0.39 is 77.8 Å². The number of rotatable bonds is 18. The van der Waals surface area contributed by atoms with Crippen LogP contribution in [0.25, 0.3) is 6.08 Å². The van der Waals surface area contributed by atoms with Crippen molar-refractivity contribution in [1.82, 2.24) is 10.4 Å². The van der Waals surface area contributed by atoms with Crippen molar-refractivity contribution in [2.75, 3.05) is 6.61 Å². The van der Waals surface area contributed by atoms with Crippen LogP contribution in [-0.4, -0.2) is 94.7 Å². The predicted octanol–water partition coefficient (Wildman–Crippen LogP) is 6.31. The smallest absolute Gasteiger partial charge is 0.327 e. The number of amides is 1. The van der Waals surface area contributed by atoms with Crippen LogP contribution in [0.2, 0.25) is 0 Å². The number of carbonyl (C=O) groups is 3. The molecule has 2 aliphatic carbocycles. The lowest BCUT2D eigenvalue weighted by Crippen LogP contribution is -2.70. The molecule has 0 spiro atoms. The van der Waals surface area contributed by atoms with Gasteiger partial charge in [0, 0.05) is 25.7 Å². The van der Waals surface area contributed by atoms with Crippen LogP contribution in [0.15, 0.2) is 30.3 Å². The number of carbonyl (C=O) groups excluding carboxylic acids is 3. The number of epoxide rings is 1. The topological polar surface area (TPSA) is 145 Å². The molecule has 6 aliphatic rings. The van der Waals surface area contributed by atoms with Crippen LogP contribution in [0, 0.1) is 11.3 Å². The fraction of sp³-hybridized carbons (Fsp3) is 0.750. The molecule has 0 aromatic heterocycles. The average molecular weight is 781 g/mol. The van der Waals surface area contributed by atoms with E-state index in [0.717, 1.165) is 68.9 Å². The van der Waals surface area contributed by atoms with E-state index >= 15 is 0 Å². The van der Waals surface area contributed by atoms with E-state index in [1.807, 2.05) is 12.1 Å². The van der Waals surface area contributed by atoms with E-state index in [1.54, 1.807) is 25.8 Å². The predicted molar refractivity (Wildman–Crippen MR) is 207 cm³/mol. The molecule has 4 saturated heterocycles. The highest BCUT2D eigenvalue weighted by molar-refractivity contribution is 5.93. The number of fused-ring (bicyclic) bond motifs is 5. The molecule has 4 heterocycles. The largest absolute Gasteiger partial charge is 0.460 e. The van der Waals surface area contributed by atoms with Gasteiger partial charge in [0.2, 0.25) is 5.91 Å². The second-order valence-corrected chi connectivity index (χ2v) is 18.1. The summed E-state index contributed by atoms with van der Waals surface area (Å²) in [6.07, 6.45) is 13.7. The number of aliphatic hydroxyl groups is 1. The van der Waals surface area contributed by atoms with Crippen molar-refractivity contribution in [3.8, 4) is 0 Å². The third-order valence-corrected chi connectivity index (χ3v) is 12.6. The molecule has 10 atom stereocenters. The third kappa shape index (κ3) is 8.90. The minimum atomic E-state index is -1.39. The van der Waals surface area contributed by atoms with E-state index in [9.17, 15) is 19.5 Å². The summed E-state index contributed by atoms with van der Waals surface area (Å²) in [5, 5.41) is 15.0. The maximum atomic E-state index is 14.9. The van der Waals surface area contributed by atoms with Gasteiger partial charge in [-0.15, -0.1) is 0 Å². The Morgan fingerprint density at radius 3 is 2.38 bits per heavy atom. The van der Waals surface area contributed by atoms with Crippen LogP contribution >= 0.6 is 0 Å². The molecule has 12 nitrogen and oxygen atoms in total. The molecule has 4 aliphatic heterocycles. The zero-order valence-corrected chi connectivity index (χ0v) is 34.0. The number of nitrogens with one attached hydrogen (secondary N) is 1. The van der Waals surface area contributed by atoms with Crippen molar-refractivity contribution >= 4 is 23.9 Å². The summed E-state index contributed by atoms with van der Waals surface area (Å²) in [4.78, 5) is 48.5. The van der Waals surface area contributed by atoms with E-state index in [2.05, 4.69) is 43.4 Å². The highest BCUT2D eigenvalue weighted by atomic mass is 16.8. The molecule has 6 fully saturated rings. The molecule has 1 aromatic rings. The molecule has 2 bridgehead atoms. The molecular weight excluding hydrogens is 716 g/mol. The van der Waals surface area contributed by atoms with E-state index in [1.165, 1.54) is 0 Å². The first-order valence-corrected chi connectivity index (χ1v) is 21.4. The summed E-state index contributed by atoms with van der Waals surface area (Å²) in [6, 6.07) is 6.37. The van der Waals surface area contributed by atoms with Gasteiger partial charge in [-0.3, -0.25) is 19.2 Å². The summed E-state index contributed by atoms with van der Waals surface area (Å²) < 4.78 is 31.3. The highest BCUT2D eigenvalue weighted by Gasteiger charge is 2.76. The Hall–Kier alpha value is -2.87. The quantitative estimate of drug-likeness (QED) is 0.0983. The van der Waals surface area contributed by atoms with Gasteiger partial charge in [-0.25, -0.2) is 0 Å². The second-order valence-electron chi connectivity index (χ2n) is 18.1. The number of hydrogen-bond acceptors (Lipinski definition) is 11. The summed E-state index contributed by atoms with van der Waals surface area (Å²) in [5.74, 6) is -1.74. The van der Waals surface area contributed by atoms with Gasteiger partial charge in [-0.2, -0.15) is 5.06 Å². The normalized spacial score (nSPS) is 33.4. The molecule has 1 amide bonds. The SMILES string of the molecule is CCCCCC1(CCCCC)O[C@@H]2[C@H](O1)[C@H]1ON(Cc3ccc(C=CC4CCC5OC5C4)cc3)[C@H]3C(=O)O[C@@H]2C[C@@]13C(=O)N[C@H](CO)CCC(=O)OC(C)(C)C. The number of benzene rings is 1. The van der Waals surface area contributed by atoms with Gasteiger partial charge in [0.15, 0.2) is 11.8 Å². The molecule has 7 rings (SSSR count). The summed E-state index contributed by atoms with van der Waals surface area (Å²) >= 11 is 0. The van der Waals surface area contributed by atoms with E-state index in [-0.39, 0.29) is 25.8 Å². The molecule has 56 heavy (non-hydrogen) atoms. The Morgan fingerprint density at radius 2 is 1.71 bits per heavy atom. The lowest BCUT2D eigenvalue weighted by atomic mass is 9.62. The van der Waals surface area contributed by atoms with Gasteiger partial charge >= 0.3 is 11.9 Å². The molecule has 0 radical (unpaired) electrons. The van der Waals surface area contributed by atoms with Crippen LogP contribution in [0.5, 0.6) is 0 Å². The van der Waals surface area contributed by atoms with Crippen molar-refractivity contribution in [2.45, 2.75) is 191 Å². The van der Waals surface area contributed by atoms with Crippen molar-refractivity contribution in [3.63, 3.8) is 0 Å². The monoisotopic (exact) mass is 780 g/mol. The molecular formula is C44H64N2O10. The second kappa shape index (κ2) is 17.2. The van der Waals surface area contributed by atoms with Crippen LogP contribution in [-0.2, 0) is 49.5 Å². The summed E-state index contributed by atoms with van der Waals surface area (Å²) in [7, 11) is 0. The Bertz CT molecular complexity index is 1570. The first kappa shape index (κ1) is 41.3. The maximum Gasteiger partial charge on any atom is 0.327 e. The fourth-order valence-corrected chi connectivity index (χ4v) is 9.68. The zero-order chi connectivity index (χ0) is 39.7. The summed E-state index contributed by atoms with van der Waals surface area (Å²) in [6.45, 7) is 9.57. The Kier molecular flexibility index (Phi) is 12.7. The van der Waals surface area contributed by atoms with Gasteiger partial charge in [0.05, 0.1) is 31.4 Å². The van der Waals surface area contributed by atoms with Gasteiger partial charge in [-0.05, 0) is 76.3 Å². The molecule has 1 aromatic carbocycles. The number of unbranched alkanes of at least 4 members (excludes halogenated alkanes) is 4. The number of hydrogen-bond donors (Lipinski definition) is 2. The molecule has 3 unspecified atom stereocenters. The maximum absolute atomic E-state index is 14.9. The standard InChI is InChI=1S/C44H64N2O10/c1-6-8-10-22-43(23-11-9-7-2)54-36-34-25-44(41(50)45-31(27-47)19-21-35(48)53-42(3,4)5)38(40(49)52-34)46(56-39(44)37(36)55-43)26-30-16-13-28(14-17-30)12-15-29-18-20-32-33(24-29)51-32/h12-17,29,31-34,36-39,47H,6-11,18-27H2,1-5H3,(H,45,50)/t29?,31-,32?,33?,34+,36-,37-,38-,39+,44-/m0/s1. The number of aliphatic hydroxyl groups excluding tert-OH is 1. The van der Waals surface area contributed by atoms with Gasteiger partial charge in [-0.1, -0.05) is 75.9 Å². The Labute approximate surface area is 332 Å². The number of allylic oxidation sites excluding steroid dienone is 1. The third-order valence-electron chi connectivity index (χ3n) is 12.6. The minimum absolute atomic E-state index is 0.0108. The lowest BCUT2D eigenvalue weighted by molar-refractivity contribution is -0.224. The molecule has 2 saturated carbocycles. The Morgan fingerprint density at radius 1 is 1.00 bits per heavy atom. The first-order valence-electron chi connectivity index (χ1n) is 21.4. The first-order chi connectivity index (χ1) is 26.9. The van der Waals surface area contributed by atoms with E-state index in [0.29, 0.717) is 31.0 Å². The number of hydroxylamine groups is 2. The average Bonchev–Trinajstić information content (AvgIpc) is 3.71. The summed E-state index contributed by atoms with van der Waals surface area (Å²) in [5.41, 5.74) is -0.0441. The van der Waals surface area contributed by atoms with Crippen molar-refractivity contribution < 1.29 is 48.0 Å². The molecule has 310 valence electrons. The van der Waals surface area contributed by atoms with Crippen molar-refractivity contribution in [2.24, 2.45) is 11.3 Å². The van der Waals surface area contributed by atoms with Gasteiger partial charge in [0.1, 0.15) is 35.4 Å². The zero-order valence-electron chi connectivity index (χ0n) is 34.0. The lowest BCUT2D eigenvalue weighted by Gasteiger charge is -2.49.